The molecule has 1 aliphatic heterocycles. The first-order valence-electron chi connectivity index (χ1n) is 12.5. The summed E-state index contributed by atoms with van der Waals surface area (Å²) in [7, 11) is 0. The van der Waals surface area contributed by atoms with E-state index in [0.717, 1.165) is 11.1 Å². The van der Waals surface area contributed by atoms with Crippen LogP contribution < -0.4 is 9.64 Å². The molecule has 0 spiro atoms. The zero-order valence-electron chi connectivity index (χ0n) is 21.7. The van der Waals surface area contributed by atoms with Gasteiger partial charge in [0.15, 0.2) is 15.9 Å². The summed E-state index contributed by atoms with van der Waals surface area (Å²) in [4.78, 5) is 28.3. The Balaban J connectivity index is 1.47. The molecule has 1 unspecified atom stereocenters. The number of aliphatic hydroxyl groups excluding tert-OH is 1. The third-order valence-corrected chi connectivity index (χ3v) is 8.84. The molecule has 1 N–H and O–H groups in total. The van der Waals surface area contributed by atoms with Gasteiger partial charge in [-0.2, -0.15) is 0 Å². The largest absolute Gasteiger partial charge is 0.503 e. The topological polar surface area (TPSA) is 92.6 Å². The highest BCUT2D eigenvalue weighted by Crippen LogP contribution is 2.44. The van der Waals surface area contributed by atoms with Crippen molar-refractivity contribution in [2.45, 2.75) is 23.1 Å². The summed E-state index contributed by atoms with van der Waals surface area (Å²) in [5.74, 6) is -0.775. The molecular weight excluding hydrogens is 601 g/mol. The number of anilines is 1. The van der Waals surface area contributed by atoms with Gasteiger partial charge in [-0.1, -0.05) is 101 Å². The minimum Gasteiger partial charge on any atom is -0.503 e. The van der Waals surface area contributed by atoms with Crippen molar-refractivity contribution in [3.8, 4) is 5.75 Å². The number of allylic oxidation sites excluding steroid dienone is 1. The molecule has 1 aromatic heterocycles. The summed E-state index contributed by atoms with van der Waals surface area (Å²) in [6.07, 6.45) is 3.00. The minimum atomic E-state index is -0.938. The first kappa shape index (κ1) is 28.9. The second-order valence-corrected chi connectivity index (χ2v) is 11.9. The van der Waals surface area contributed by atoms with Crippen molar-refractivity contribution in [2.75, 3.05) is 11.5 Å². The van der Waals surface area contributed by atoms with Gasteiger partial charge in [0.05, 0.1) is 18.2 Å². The second-order valence-electron chi connectivity index (χ2n) is 8.83. The van der Waals surface area contributed by atoms with Crippen LogP contribution in [0.1, 0.15) is 29.7 Å². The lowest BCUT2D eigenvalue weighted by atomic mass is 9.95. The zero-order valence-corrected chi connectivity index (χ0v) is 24.8. The Hall–Kier alpha value is -3.63. The maximum Gasteiger partial charge on any atom is 0.296 e. The molecule has 0 saturated heterocycles. The highest BCUT2D eigenvalue weighted by Gasteiger charge is 2.45. The van der Waals surface area contributed by atoms with E-state index in [0.29, 0.717) is 38.1 Å². The van der Waals surface area contributed by atoms with Crippen LogP contribution in [0.2, 0.25) is 10.0 Å². The predicted molar refractivity (Wildman–Crippen MR) is 164 cm³/mol. The molecule has 0 aliphatic carbocycles. The molecule has 0 fully saturated rings. The highest BCUT2D eigenvalue weighted by molar-refractivity contribution is 8.00. The van der Waals surface area contributed by atoms with E-state index in [-0.39, 0.29) is 10.7 Å². The number of benzene rings is 3. The smallest absolute Gasteiger partial charge is 0.296 e. The Kier molecular flexibility index (Phi) is 9.09. The Labute approximate surface area is 255 Å². The average Bonchev–Trinajstić information content (AvgIpc) is 3.54. The van der Waals surface area contributed by atoms with Crippen molar-refractivity contribution in [3.05, 3.63) is 117 Å². The lowest BCUT2D eigenvalue weighted by Crippen LogP contribution is -2.30. The molecule has 11 heteroatoms. The van der Waals surface area contributed by atoms with E-state index in [9.17, 15) is 14.7 Å². The van der Waals surface area contributed by atoms with E-state index >= 15 is 0 Å². The van der Waals surface area contributed by atoms with Crippen LogP contribution >= 0.6 is 46.3 Å². The first-order chi connectivity index (χ1) is 19.9. The fraction of sp³-hybridized carbons (Fsp3) is 0.133. The van der Waals surface area contributed by atoms with E-state index in [1.165, 1.54) is 34.1 Å². The normalized spacial score (nSPS) is 15.2. The third kappa shape index (κ3) is 6.49. The summed E-state index contributed by atoms with van der Waals surface area (Å²) >= 11 is 14.9. The number of hydrogen-bond acceptors (Lipinski definition) is 8. The van der Waals surface area contributed by atoms with E-state index < -0.39 is 23.5 Å². The van der Waals surface area contributed by atoms with Crippen molar-refractivity contribution in [1.82, 2.24) is 10.2 Å². The van der Waals surface area contributed by atoms with E-state index in [2.05, 4.69) is 10.2 Å². The van der Waals surface area contributed by atoms with Crippen LogP contribution in [-0.2, 0) is 15.3 Å². The molecule has 1 amide bonds. The zero-order chi connectivity index (χ0) is 28.9. The Morgan fingerprint density at radius 2 is 1.90 bits per heavy atom. The fourth-order valence-corrected chi connectivity index (χ4v) is 6.70. The van der Waals surface area contributed by atoms with E-state index in [1.807, 2.05) is 43.3 Å². The predicted octanol–water partition coefficient (Wildman–Crippen LogP) is 7.72. The Morgan fingerprint density at radius 1 is 1.10 bits per heavy atom. The summed E-state index contributed by atoms with van der Waals surface area (Å²) < 4.78 is 6.26. The van der Waals surface area contributed by atoms with E-state index in [1.54, 1.807) is 42.5 Å². The van der Waals surface area contributed by atoms with Crippen LogP contribution in [0.4, 0.5) is 5.13 Å². The number of amides is 1. The maximum absolute atomic E-state index is 13.5. The van der Waals surface area contributed by atoms with Gasteiger partial charge in [-0.15, -0.1) is 10.2 Å². The molecule has 7 nitrogen and oxygen atoms in total. The van der Waals surface area contributed by atoms with Gasteiger partial charge < -0.3 is 9.84 Å². The minimum absolute atomic E-state index is 0.0480. The summed E-state index contributed by atoms with van der Waals surface area (Å²) in [5, 5.41) is 20.8. The van der Waals surface area contributed by atoms with Crippen molar-refractivity contribution in [1.29, 1.82) is 0 Å². The number of ether oxygens (including phenoxy) is 1. The number of hydrogen-bond donors (Lipinski definition) is 1. The molecule has 3 aromatic carbocycles. The monoisotopic (exact) mass is 623 g/mol. The standard InChI is InChI=1S/C30H23Cl2N3O4S2/c1-2-39-22-10-6-9-19(15-22)26-25(24(36)14-11-18-7-4-3-5-8-18)27(37)28(38)35(26)29-33-34-30(41-29)40-17-20-12-13-21(31)16-23(20)32/h3-16,26,37H,2,17H2,1H3. The summed E-state index contributed by atoms with van der Waals surface area (Å²) in [5.41, 5.74) is 2.22. The Morgan fingerprint density at radius 3 is 2.66 bits per heavy atom. The van der Waals surface area contributed by atoms with Crippen molar-refractivity contribution in [3.63, 3.8) is 0 Å². The van der Waals surface area contributed by atoms with Crippen LogP contribution in [0.15, 0.2) is 94.5 Å². The first-order valence-corrected chi connectivity index (χ1v) is 15.1. The number of carbonyl (C=O) groups is 2. The second kappa shape index (κ2) is 12.9. The SMILES string of the molecule is CCOc1cccc(C2C(C(=O)C=Cc3ccccc3)=C(O)C(=O)N2c2nnc(SCc3ccc(Cl)cc3Cl)s2)c1. The molecular formula is C30H23Cl2N3O4S2. The van der Waals surface area contributed by atoms with Crippen molar-refractivity contribution in [2.24, 2.45) is 0 Å². The number of aromatic nitrogens is 2. The molecule has 41 heavy (non-hydrogen) atoms. The average molecular weight is 625 g/mol. The molecule has 208 valence electrons. The number of thioether (sulfide) groups is 1. The lowest BCUT2D eigenvalue weighted by molar-refractivity contribution is -0.117. The van der Waals surface area contributed by atoms with Gasteiger partial charge >= 0.3 is 0 Å². The summed E-state index contributed by atoms with van der Waals surface area (Å²) in [6.45, 7) is 2.31. The fourth-order valence-electron chi connectivity index (χ4n) is 4.27. The highest BCUT2D eigenvalue weighted by atomic mass is 35.5. The van der Waals surface area contributed by atoms with Gasteiger partial charge in [-0.25, -0.2) is 0 Å². The van der Waals surface area contributed by atoms with Gasteiger partial charge in [-0.3, -0.25) is 14.5 Å². The molecule has 4 aromatic rings. The van der Waals surface area contributed by atoms with Crippen LogP contribution in [0.25, 0.3) is 6.08 Å². The van der Waals surface area contributed by atoms with Crippen LogP contribution in [-0.4, -0.2) is 33.6 Å². The van der Waals surface area contributed by atoms with Gasteiger partial charge in [0.2, 0.25) is 5.13 Å². The van der Waals surface area contributed by atoms with Crippen molar-refractivity contribution < 1.29 is 19.4 Å². The number of rotatable bonds is 10. The number of ketones is 1. The van der Waals surface area contributed by atoms with E-state index in [4.69, 9.17) is 27.9 Å². The molecule has 0 radical (unpaired) electrons. The third-order valence-electron chi connectivity index (χ3n) is 6.15. The molecule has 0 bridgehead atoms. The van der Waals surface area contributed by atoms with Crippen LogP contribution in [0.5, 0.6) is 5.75 Å². The number of nitrogens with zero attached hydrogens (tertiary/aromatic N) is 3. The molecule has 0 saturated carbocycles. The number of carbonyl (C=O) groups excluding carboxylic acids is 2. The molecule has 2 heterocycles. The maximum atomic E-state index is 13.5. The van der Waals surface area contributed by atoms with Gasteiger partial charge in [0.1, 0.15) is 5.75 Å². The van der Waals surface area contributed by atoms with Crippen LogP contribution in [0, 0.1) is 0 Å². The quantitative estimate of drug-likeness (QED) is 0.110. The number of aliphatic hydroxyl groups is 1. The summed E-state index contributed by atoms with van der Waals surface area (Å²) in [6, 6.07) is 20.7. The Bertz CT molecular complexity index is 1660. The lowest BCUT2D eigenvalue weighted by Gasteiger charge is -2.24. The van der Waals surface area contributed by atoms with Gasteiger partial charge in [0, 0.05) is 15.8 Å². The molecule has 5 rings (SSSR count). The van der Waals surface area contributed by atoms with Crippen molar-refractivity contribution >= 4 is 69.2 Å². The van der Waals surface area contributed by atoms with Gasteiger partial charge in [0.25, 0.3) is 5.91 Å². The number of halogens is 2. The van der Waals surface area contributed by atoms with Crippen LogP contribution in [0.3, 0.4) is 0 Å². The van der Waals surface area contributed by atoms with Gasteiger partial charge in [-0.05, 0) is 54.0 Å². The molecule has 1 aliphatic rings. The molecule has 1 atom stereocenters.